The summed E-state index contributed by atoms with van der Waals surface area (Å²) in [6, 6.07) is 14.7. The monoisotopic (exact) mass is 387 g/mol. The number of rotatable bonds is 6. The van der Waals surface area contributed by atoms with E-state index in [0.717, 1.165) is 36.2 Å². The summed E-state index contributed by atoms with van der Waals surface area (Å²) in [6.07, 6.45) is 2.49. The maximum Gasteiger partial charge on any atom is 0.328 e. The Morgan fingerprint density at radius 1 is 1.07 bits per heavy atom. The molecule has 2 aromatic rings. The van der Waals surface area contributed by atoms with Crippen LogP contribution in [0.25, 0.3) is 11.1 Å². The molecule has 0 saturated carbocycles. The minimum atomic E-state index is -1.26. The van der Waals surface area contributed by atoms with Crippen LogP contribution in [0.15, 0.2) is 60.7 Å². The Bertz CT molecular complexity index is 798. The number of hydrogen-bond donors (Lipinski definition) is 3. The molecule has 1 saturated heterocycles. The summed E-state index contributed by atoms with van der Waals surface area (Å²) in [5, 5.41) is 18.9. The summed E-state index contributed by atoms with van der Waals surface area (Å²) in [4.78, 5) is 19.1. The van der Waals surface area contributed by atoms with Gasteiger partial charge in [-0.3, -0.25) is 0 Å². The second-order valence-corrected chi connectivity index (χ2v) is 6.10. The van der Waals surface area contributed by atoms with Crippen molar-refractivity contribution in [3.05, 3.63) is 72.1 Å². The number of halogens is 1. The molecular weight excluding hydrogens is 365 g/mol. The van der Waals surface area contributed by atoms with Crippen LogP contribution in [0, 0.1) is 5.82 Å². The van der Waals surface area contributed by atoms with Crippen molar-refractivity contribution < 1.29 is 28.9 Å². The standard InChI is InChI=1S/C17H18FNO.C4H4O4/c18-15-7-5-13(6-8-15)17-4-2-1-3-14(17)12-20-16-9-10-19-11-16;5-3(6)1-2-4(7)8/h1-8,16,19H,9-12H2;1-2H,(H,5,6)(H,7,8)/b;2-1-/t16-;/m0./s1. The zero-order chi connectivity index (χ0) is 20.4. The van der Waals surface area contributed by atoms with Gasteiger partial charge < -0.3 is 20.3 Å². The molecule has 0 radical (unpaired) electrons. The smallest absolute Gasteiger partial charge is 0.328 e. The highest BCUT2D eigenvalue weighted by Gasteiger charge is 2.15. The van der Waals surface area contributed by atoms with E-state index in [4.69, 9.17) is 14.9 Å². The molecule has 0 aromatic heterocycles. The fraction of sp³-hybridized carbons (Fsp3) is 0.238. The van der Waals surface area contributed by atoms with Crippen molar-refractivity contribution in [2.75, 3.05) is 13.1 Å². The van der Waals surface area contributed by atoms with Gasteiger partial charge in [0.1, 0.15) is 5.82 Å². The molecule has 1 aliphatic rings. The number of nitrogens with one attached hydrogen (secondary N) is 1. The van der Waals surface area contributed by atoms with Crippen molar-refractivity contribution in [1.29, 1.82) is 0 Å². The number of hydrogen-bond acceptors (Lipinski definition) is 4. The fourth-order valence-electron chi connectivity index (χ4n) is 2.68. The molecule has 0 spiro atoms. The molecule has 28 heavy (non-hydrogen) atoms. The summed E-state index contributed by atoms with van der Waals surface area (Å²) < 4.78 is 19.0. The van der Waals surface area contributed by atoms with Crippen molar-refractivity contribution in [1.82, 2.24) is 5.32 Å². The van der Waals surface area contributed by atoms with Crippen molar-refractivity contribution in [3.8, 4) is 11.1 Å². The number of aliphatic carboxylic acids is 2. The van der Waals surface area contributed by atoms with E-state index < -0.39 is 11.9 Å². The fourth-order valence-corrected chi connectivity index (χ4v) is 2.68. The van der Waals surface area contributed by atoms with E-state index in [2.05, 4.69) is 17.4 Å². The van der Waals surface area contributed by atoms with Crippen LogP contribution in [0.1, 0.15) is 12.0 Å². The number of carboxylic acids is 2. The molecule has 0 unspecified atom stereocenters. The lowest BCUT2D eigenvalue weighted by atomic mass is 10.0. The van der Waals surface area contributed by atoms with E-state index >= 15 is 0 Å². The van der Waals surface area contributed by atoms with E-state index in [9.17, 15) is 14.0 Å². The molecule has 1 fully saturated rings. The van der Waals surface area contributed by atoms with Gasteiger partial charge in [0, 0.05) is 18.7 Å². The molecule has 0 bridgehead atoms. The highest BCUT2D eigenvalue weighted by Crippen LogP contribution is 2.25. The summed E-state index contributed by atoms with van der Waals surface area (Å²) in [6.45, 7) is 2.56. The first-order valence-electron chi connectivity index (χ1n) is 8.76. The summed E-state index contributed by atoms with van der Waals surface area (Å²) >= 11 is 0. The molecule has 0 amide bonds. The predicted molar refractivity (Wildman–Crippen MR) is 102 cm³/mol. The van der Waals surface area contributed by atoms with Crippen LogP contribution in [0.2, 0.25) is 0 Å². The maximum absolute atomic E-state index is 13.0. The topological polar surface area (TPSA) is 95.9 Å². The summed E-state index contributed by atoms with van der Waals surface area (Å²) in [7, 11) is 0. The second-order valence-electron chi connectivity index (χ2n) is 6.10. The van der Waals surface area contributed by atoms with E-state index in [1.807, 2.05) is 24.3 Å². The van der Waals surface area contributed by atoms with Gasteiger partial charge >= 0.3 is 11.9 Å². The Kier molecular flexibility index (Phi) is 8.33. The van der Waals surface area contributed by atoms with Gasteiger partial charge in [-0.15, -0.1) is 0 Å². The number of carboxylic acid groups (broad SMARTS) is 2. The minimum absolute atomic E-state index is 0.209. The Labute approximate surface area is 162 Å². The minimum Gasteiger partial charge on any atom is -0.478 e. The Morgan fingerprint density at radius 3 is 2.29 bits per heavy atom. The average molecular weight is 387 g/mol. The third kappa shape index (κ3) is 7.30. The zero-order valence-electron chi connectivity index (χ0n) is 15.2. The van der Waals surface area contributed by atoms with Crippen LogP contribution in [0.4, 0.5) is 4.39 Å². The van der Waals surface area contributed by atoms with Crippen LogP contribution in [0.3, 0.4) is 0 Å². The molecule has 3 rings (SSSR count). The van der Waals surface area contributed by atoms with Crippen molar-refractivity contribution >= 4 is 11.9 Å². The van der Waals surface area contributed by atoms with Crippen LogP contribution in [-0.2, 0) is 20.9 Å². The van der Waals surface area contributed by atoms with Gasteiger partial charge in [0.2, 0.25) is 0 Å². The SMILES string of the molecule is Fc1ccc(-c2ccccc2CO[C@H]2CCNC2)cc1.O=C(O)/C=C\C(=O)O. The van der Waals surface area contributed by atoms with Crippen LogP contribution in [-0.4, -0.2) is 41.3 Å². The Morgan fingerprint density at radius 2 is 1.71 bits per heavy atom. The van der Waals surface area contributed by atoms with Gasteiger partial charge in [0.15, 0.2) is 0 Å². The van der Waals surface area contributed by atoms with E-state index in [-0.39, 0.29) is 5.82 Å². The first-order valence-corrected chi connectivity index (χ1v) is 8.76. The van der Waals surface area contributed by atoms with E-state index in [1.165, 1.54) is 12.1 Å². The lowest BCUT2D eigenvalue weighted by Crippen LogP contribution is -2.16. The van der Waals surface area contributed by atoms with Crippen LogP contribution in [0.5, 0.6) is 0 Å². The molecule has 0 aliphatic carbocycles. The Balaban J connectivity index is 0.000000300. The lowest BCUT2D eigenvalue weighted by Gasteiger charge is -2.14. The molecule has 1 atom stereocenters. The summed E-state index contributed by atoms with van der Waals surface area (Å²) in [5.74, 6) is -2.72. The zero-order valence-corrected chi connectivity index (χ0v) is 15.2. The maximum atomic E-state index is 13.0. The normalized spacial score (nSPS) is 15.8. The molecule has 2 aromatic carbocycles. The van der Waals surface area contributed by atoms with Crippen molar-refractivity contribution in [3.63, 3.8) is 0 Å². The largest absolute Gasteiger partial charge is 0.478 e. The van der Waals surface area contributed by atoms with Gasteiger partial charge in [-0.05, 0) is 41.8 Å². The molecule has 148 valence electrons. The van der Waals surface area contributed by atoms with Crippen LogP contribution < -0.4 is 5.32 Å². The van der Waals surface area contributed by atoms with Gasteiger partial charge in [-0.2, -0.15) is 0 Å². The summed E-state index contributed by atoms with van der Waals surface area (Å²) in [5.41, 5.74) is 3.28. The number of ether oxygens (including phenoxy) is 1. The highest BCUT2D eigenvalue weighted by molar-refractivity contribution is 5.89. The van der Waals surface area contributed by atoms with Crippen molar-refractivity contribution in [2.45, 2.75) is 19.1 Å². The lowest BCUT2D eigenvalue weighted by molar-refractivity contribution is -0.134. The third-order valence-electron chi connectivity index (χ3n) is 4.03. The van der Waals surface area contributed by atoms with Gasteiger partial charge in [-0.1, -0.05) is 36.4 Å². The number of carbonyl (C=O) groups is 2. The second kappa shape index (κ2) is 11.0. The molecule has 1 heterocycles. The first kappa shape index (κ1) is 21.3. The predicted octanol–water partition coefficient (Wildman–Crippen LogP) is 3.08. The van der Waals surface area contributed by atoms with E-state index in [0.29, 0.717) is 24.9 Å². The quantitative estimate of drug-likeness (QED) is 0.660. The third-order valence-corrected chi connectivity index (χ3v) is 4.03. The Hall–Kier alpha value is -3.03. The average Bonchev–Trinajstić information content (AvgIpc) is 3.20. The number of benzene rings is 2. The molecule has 6 nitrogen and oxygen atoms in total. The molecular formula is C21H22FNO5. The molecule has 3 N–H and O–H groups in total. The van der Waals surface area contributed by atoms with Crippen LogP contribution >= 0.6 is 0 Å². The van der Waals surface area contributed by atoms with Gasteiger partial charge in [0.05, 0.1) is 12.7 Å². The first-order chi connectivity index (χ1) is 13.5. The molecule has 7 heteroatoms. The highest BCUT2D eigenvalue weighted by atomic mass is 19.1. The van der Waals surface area contributed by atoms with Gasteiger partial charge in [0.25, 0.3) is 0 Å². The van der Waals surface area contributed by atoms with Gasteiger partial charge in [-0.25, -0.2) is 14.0 Å². The van der Waals surface area contributed by atoms with E-state index in [1.54, 1.807) is 0 Å². The van der Waals surface area contributed by atoms with Crippen molar-refractivity contribution in [2.24, 2.45) is 0 Å². The molecule has 1 aliphatic heterocycles.